The zero-order valence-electron chi connectivity index (χ0n) is 18.2. The first kappa shape index (κ1) is 22.7. The molecule has 32 heavy (non-hydrogen) atoms. The lowest BCUT2D eigenvalue weighted by Crippen LogP contribution is -2.41. The van der Waals surface area contributed by atoms with Gasteiger partial charge >= 0.3 is 0 Å². The molecule has 4 rings (SSSR count). The first-order valence-corrected chi connectivity index (χ1v) is 12.0. The molecule has 0 spiro atoms. The van der Waals surface area contributed by atoms with Gasteiger partial charge in [-0.1, -0.05) is 11.6 Å². The van der Waals surface area contributed by atoms with E-state index in [2.05, 4.69) is 9.62 Å². The van der Waals surface area contributed by atoms with Crippen LogP contribution in [0.4, 0.5) is 5.69 Å². The van der Waals surface area contributed by atoms with E-state index >= 15 is 0 Å². The minimum Gasteiger partial charge on any atom is -0.496 e. The van der Waals surface area contributed by atoms with Crippen LogP contribution in [0, 0.1) is 0 Å². The van der Waals surface area contributed by atoms with E-state index in [-0.39, 0.29) is 0 Å². The molecule has 1 aromatic carbocycles. The van der Waals surface area contributed by atoms with Gasteiger partial charge in [0.1, 0.15) is 17.1 Å². The van der Waals surface area contributed by atoms with Gasteiger partial charge in [0.25, 0.3) is 10.2 Å². The van der Waals surface area contributed by atoms with Crippen LogP contribution in [-0.4, -0.2) is 69.6 Å². The Morgan fingerprint density at radius 3 is 2.56 bits per heavy atom. The summed E-state index contributed by atoms with van der Waals surface area (Å²) in [5.74, 6) is 1.15. The highest BCUT2D eigenvalue weighted by Gasteiger charge is 2.24. The maximum absolute atomic E-state index is 12.1. The summed E-state index contributed by atoms with van der Waals surface area (Å²) in [6.45, 7) is 2.29. The number of rotatable bonds is 6. The molecule has 1 fully saturated rings. The molecule has 1 aliphatic rings. The smallest absolute Gasteiger partial charge is 0.279 e. The minimum atomic E-state index is -3.42. The topological polar surface area (TPSA) is 88.4 Å². The normalized spacial score (nSPS) is 15.7. The maximum atomic E-state index is 12.1. The van der Waals surface area contributed by atoms with Crippen LogP contribution in [0.3, 0.4) is 0 Å². The average molecular weight is 480 g/mol. The molecule has 0 bridgehead atoms. The number of halogens is 1. The van der Waals surface area contributed by atoms with Gasteiger partial charge in [0.05, 0.1) is 24.9 Å². The molecule has 9 nitrogen and oxygen atoms in total. The number of anilines is 1. The zero-order chi connectivity index (χ0) is 22.9. The molecule has 3 aromatic rings. The lowest BCUT2D eigenvalue weighted by molar-refractivity contribution is 0.395. The standard InChI is InChI=1S/C21H26ClN5O4S/c1-23-32(28,29)27-7-4-6-25(9-10-27)15-5-8-26-14-18(24-21(26)11-15)16-12-17(22)20(31-3)13-19(16)30-2/h5,8,11-14,23H,4,6-7,9-10H2,1-3H3. The summed E-state index contributed by atoms with van der Waals surface area (Å²) in [5.41, 5.74) is 3.27. The third-order valence-electron chi connectivity index (χ3n) is 5.61. The van der Waals surface area contributed by atoms with E-state index in [0.717, 1.165) is 35.6 Å². The molecule has 1 aliphatic heterocycles. The molecule has 11 heteroatoms. The van der Waals surface area contributed by atoms with Crippen LogP contribution in [-0.2, 0) is 10.2 Å². The molecular weight excluding hydrogens is 454 g/mol. The number of benzene rings is 1. The van der Waals surface area contributed by atoms with Crippen molar-refractivity contribution in [2.45, 2.75) is 6.42 Å². The summed E-state index contributed by atoms with van der Waals surface area (Å²) in [6, 6.07) is 7.55. The van der Waals surface area contributed by atoms with Crippen molar-refractivity contribution < 1.29 is 17.9 Å². The summed E-state index contributed by atoms with van der Waals surface area (Å²) in [6.07, 6.45) is 4.61. The fourth-order valence-corrected chi connectivity index (χ4v) is 5.07. The highest BCUT2D eigenvalue weighted by Crippen LogP contribution is 2.38. The van der Waals surface area contributed by atoms with Crippen molar-refractivity contribution in [2.24, 2.45) is 0 Å². The van der Waals surface area contributed by atoms with Crippen molar-refractivity contribution in [2.75, 3.05) is 52.3 Å². The number of fused-ring (bicyclic) bond motifs is 1. The Kier molecular flexibility index (Phi) is 6.47. The van der Waals surface area contributed by atoms with Gasteiger partial charge < -0.3 is 18.8 Å². The van der Waals surface area contributed by atoms with Crippen LogP contribution in [0.25, 0.3) is 16.9 Å². The highest BCUT2D eigenvalue weighted by molar-refractivity contribution is 7.87. The zero-order valence-corrected chi connectivity index (χ0v) is 19.8. The van der Waals surface area contributed by atoms with Crippen LogP contribution < -0.4 is 19.1 Å². The fourth-order valence-electron chi connectivity index (χ4n) is 3.88. The second-order valence-corrected chi connectivity index (χ2v) is 9.69. The van der Waals surface area contributed by atoms with Gasteiger partial charge in [-0.05, 0) is 18.6 Å². The summed E-state index contributed by atoms with van der Waals surface area (Å²) in [7, 11) is 1.17. The van der Waals surface area contributed by atoms with Crippen LogP contribution in [0.5, 0.6) is 11.5 Å². The Morgan fingerprint density at radius 2 is 1.84 bits per heavy atom. The number of hydrogen-bond acceptors (Lipinski definition) is 6. The summed E-state index contributed by atoms with van der Waals surface area (Å²) in [4.78, 5) is 6.96. The van der Waals surface area contributed by atoms with E-state index < -0.39 is 10.2 Å². The van der Waals surface area contributed by atoms with Crippen molar-refractivity contribution in [3.05, 3.63) is 41.7 Å². The van der Waals surface area contributed by atoms with Crippen molar-refractivity contribution in [3.8, 4) is 22.8 Å². The molecule has 2 aromatic heterocycles. The Hall–Kier alpha value is -2.53. The molecule has 0 aliphatic carbocycles. The number of hydrogen-bond donors (Lipinski definition) is 1. The van der Waals surface area contributed by atoms with Gasteiger partial charge in [-0.2, -0.15) is 12.7 Å². The van der Waals surface area contributed by atoms with E-state index in [1.54, 1.807) is 26.4 Å². The third-order valence-corrected chi connectivity index (χ3v) is 7.47. The van der Waals surface area contributed by atoms with Gasteiger partial charge in [-0.3, -0.25) is 0 Å². The Labute approximate surface area is 192 Å². The van der Waals surface area contributed by atoms with Crippen molar-refractivity contribution in [1.82, 2.24) is 18.4 Å². The van der Waals surface area contributed by atoms with E-state index in [4.69, 9.17) is 26.1 Å². The van der Waals surface area contributed by atoms with Gasteiger partial charge in [0.15, 0.2) is 0 Å². The van der Waals surface area contributed by atoms with Crippen molar-refractivity contribution >= 4 is 33.1 Å². The second-order valence-electron chi connectivity index (χ2n) is 7.41. The van der Waals surface area contributed by atoms with E-state index in [1.165, 1.54) is 11.4 Å². The lowest BCUT2D eigenvalue weighted by atomic mass is 10.1. The molecule has 3 heterocycles. The Bertz CT molecular complexity index is 1230. The van der Waals surface area contributed by atoms with Crippen molar-refractivity contribution in [3.63, 3.8) is 0 Å². The molecule has 1 N–H and O–H groups in total. The Morgan fingerprint density at radius 1 is 1.06 bits per heavy atom. The number of nitrogens with zero attached hydrogens (tertiary/aromatic N) is 4. The number of methoxy groups -OCH3 is 2. The molecule has 0 unspecified atom stereocenters. The summed E-state index contributed by atoms with van der Waals surface area (Å²) < 4.78 is 40.9. The molecular formula is C21H26ClN5O4S. The summed E-state index contributed by atoms with van der Waals surface area (Å²) >= 11 is 6.33. The number of ether oxygens (including phenoxy) is 2. The van der Waals surface area contributed by atoms with Gasteiger partial charge in [0.2, 0.25) is 0 Å². The number of pyridine rings is 1. The van der Waals surface area contributed by atoms with Gasteiger partial charge in [-0.25, -0.2) is 9.71 Å². The lowest BCUT2D eigenvalue weighted by Gasteiger charge is -2.23. The molecule has 0 amide bonds. The van der Waals surface area contributed by atoms with Crippen LogP contribution >= 0.6 is 11.6 Å². The van der Waals surface area contributed by atoms with E-state index in [1.807, 2.05) is 28.9 Å². The molecule has 1 saturated heterocycles. The number of nitrogens with one attached hydrogen (secondary N) is 1. The first-order chi connectivity index (χ1) is 15.4. The average Bonchev–Trinajstić information content (AvgIpc) is 3.05. The predicted octanol–water partition coefficient (Wildman–Crippen LogP) is 2.65. The van der Waals surface area contributed by atoms with Gasteiger partial charge in [0, 0.05) is 69.0 Å². The fraction of sp³-hybridized carbons (Fsp3) is 0.381. The third kappa shape index (κ3) is 4.36. The molecule has 0 radical (unpaired) electrons. The molecule has 0 saturated carbocycles. The minimum absolute atomic E-state index is 0.426. The van der Waals surface area contributed by atoms with Crippen LogP contribution in [0.2, 0.25) is 5.02 Å². The van der Waals surface area contributed by atoms with Gasteiger partial charge in [-0.15, -0.1) is 0 Å². The van der Waals surface area contributed by atoms with E-state index in [9.17, 15) is 8.42 Å². The molecule has 0 atom stereocenters. The van der Waals surface area contributed by atoms with Crippen molar-refractivity contribution in [1.29, 1.82) is 0 Å². The largest absolute Gasteiger partial charge is 0.496 e. The molecule has 172 valence electrons. The van der Waals surface area contributed by atoms with Crippen LogP contribution in [0.1, 0.15) is 6.42 Å². The first-order valence-electron chi connectivity index (χ1n) is 10.2. The monoisotopic (exact) mass is 479 g/mol. The maximum Gasteiger partial charge on any atom is 0.279 e. The predicted molar refractivity (Wildman–Crippen MR) is 125 cm³/mol. The quantitative estimate of drug-likeness (QED) is 0.584. The Balaban J connectivity index is 1.62. The highest BCUT2D eigenvalue weighted by atomic mass is 35.5. The van der Waals surface area contributed by atoms with Crippen LogP contribution in [0.15, 0.2) is 36.7 Å². The SMILES string of the molecule is CNS(=O)(=O)N1CCCN(c2ccn3cc(-c4cc(Cl)c(OC)cc4OC)nc3c2)CC1. The van der Waals surface area contributed by atoms with E-state index in [0.29, 0.717) is 36.2 Å². The number of imidazole rings is 1. The second kappa shape index (κ2) is 9.14. The summed E-state index contributed by atoms with van der Waals surface area (Å²) in [5, 5.41) is 0.478. The number of aromatic nitrogens is 2.